The molecule has 5 nitrogen and oxygen atoms in total. The molecule has 0 bridgehead atoms. The summed E-state index contributed by atoms with van der Waals surface area (Å²) in [5, 5.41) is 0. The van der Waals surface area contributed by atoms with E-state index in [2.05, 4.69) is 4.72 Å². The molecule has 0 amide bonds. The number of rotatable bonds is 6. The lowest BCUT2D eigenvalue weighted by Crippen LogP contribution is -2.30. The van der Waals surface area contributed by atoms with Gasteiger partial charge in [-0.25, -0.2) is 17.9 Å². The van der Waals surface area contributed by atoms with Gasteiger partial charge < -0.3 is 4.74 Å². The van der Waals surface area contributed by atoms with E-state index in [0.29, 0.717) is 0 Å². The van der Waals surface area contributed by atoms with Gasteiger partial charge in [-0.3, -0.25) is 0 Å². The van der Waals surface area contributed by atoms with E-state index in [4.69, 9.17) is 4.74 Å². The Balaban J connectivity index is 2.05. The fraction of sp³-hybridized carbons (Fsp3) is 0.278. The molecular formula is C18H18F3NO4S. The average Bonchev–Trinajstić information content (AvgIpc) is 2.58. The van der Waals surface area contributed by atoms with Crippen LogP contribution in [0.4, 0.5) is 13.2 Å². The van der Waals surface area contributed by atoms with Gasteiger partial charge in [0.05, 0.1) is 16.0 Å². The van der Waals surface area contributed by atoms with Crippen LogP contribution in [0.3, 0.4) is 0 Å². The third kappa shape index (κ3) is 5.80. The van der Waals surface area contributed by atoms with Crippen LogP contribution < -0.4 is 4.72 Å². The Morgan fingerprint density at radius 2 is 1.74 bits per heavy atom. The molecule has 0 fully saturated rings. The lowest BCUT2D eigenvalue weighted by molar-refractivity contribution is -0.137. The molecule has 146 valence electrons. The van der Waals surface area contributed by atoms with Gasteiger partial charge in [0.1, 0.15) is 6.61 Å². The van der Waals surface area contributed by atoms with Crippen molar-refractivity contribution in [1.29, 1.82) is 0 Å². The van der Waals surface area contributed by atoms with Crippen molar-refractivity contribution in [2.45, 2.75) is 37.6 Å². The lowest BCUT2D eigenvalue weighted by atomic mass is 10.1. The first-order valence-corrected chi connectivity index (χ1v) is 9.43. The lowest BCUT2D eigenvalue weighted by Gasteiger charge is -2.11. The average molecular weight is 401 g/mol. The molecule has 9 heteroatoms. The smallest absolute Gasteiger partial charge is 0.416 e. The number of benzene rings is 2. The number of carbonyl (C=O) groups excluding carboxylic acids is 1. The number of ether oxygens (including phenoxy) is 1. The number of nitrogens with one attached hydrogen (secondary N) is 1. The SMILES string of the molecule is CC(C)NS(=O)(=O)c1ccc(C(=O)OCc2cccc(C(F)(F)F)c2)cc1. The maximum atomic E-state index is 12.7. The Morgan fingerprint density at radius 1 is 1.11 bits per heavy atom. The van der Waals surface area contributed by atoms with E-state index in [0.717, 1.165) is 12.1 Å². The second kappa shape index (κ2) is 8.10. The monoisotopic (exact) mass is 401 g/mol. The first-order chi connectivity index (χ1) is 12.5. The zero-order valence-electron chi connectivity index (χ0n) is 14.6. The molecule has 2 rings (SSSR count). The zero-order chi connectivity index (χ0) is 20.2. The van der Waals surface area contributed by atoms with Crippen molar-refractivity contribution in [3.05, 3.63) is 65.2 Å². The minimum Gasteiger partial charge on any atom is -0.457 e. The van der Waals surface area contributed by atoms with Crippen LogP contribution in [0, 0.1) is 0 Å². The molecule has 0 aliphatic rings. The van der Waals surface area contributed by atoms with Crippen LogP contribution in [0.2, 0.25) is 0 Å². The van der Waals surface area contributed by atoms with E-state index in [1.165, 1.54) is 36.4 Å². The molecule has 27 heavy (non-hydrogen) atoms. The minimum atomic E-state index is -4.48. The molecule has 0 heterocycles. The van der Waals surface area contributed by atoms with Crippen LogP contribution in [0.5, 0.6) is 0 Å². The highest BCUT2D eigenvalue weighted by Crippen LogP contribution is 2.29. The summed E-state index contributed by atoms with van der Waals surface area (Å²) in [6.07, 6.45) is -4.48. The number of alkyl halides is 3. The molecule has 0 radical (unpaired) electrons. The number of esters is 1. The third-order valence-electron chi connectivity index (χ3n) is 3.42. The first-order valence-electron chi connectivity index (χ1n) is 7.95. The molecule has 0 spiro atoms. The van der Waals surface area contributed by atoms with Crippen LogP contribution in [-0.2, 0) is 27.5 Å². The predicted molar refractivity (Wildman–Crippen MR) is 92.5 cm³/mol. The van der Waals surface area contributed by atoms with Gasteiger partial charge in [0, 0.05) is 6.04 Å². The maximum Gasteiger partial charge on any atom is 0.416 e. The highest BCUT2D eigenvalue weighted by molar-refractivity contribution is 7.89. The van der Waals surface area contributed by atoms with E-state index in [-0.39, 0.29) is 28.7 Å². The Hall–Kier alpha value is -2.39. The van der Waals surface area contributed by atoms with Crippen molar-refractivity contribution in [3.63, 3.8) is 0 Å². The van der Waals surface area contributed by atoms with E-state index in [1.807, 2.05) is 0 Å². The molecule has 0 saturated carbocycles. The van der Waals surface area contributed by atoms with Gasteiger partial charge in [0.25, 0.3) is 0 Å². The standard InChI is InChI=1S/C18H18F3NO4S/c1-12(2)22-27(24,25)16-8-6-14(7-9-16)17(23)26-11-13-4-3-5-15(10-13)18(19,20)21/h3-10,12,22H,11H2,1-2H3. The fourth-order valence-corrected chi connectivity index (χ4v) is 3.47. The van der Waals surface area contributed by atoms with Crippen molar-refractivity contribution in [1.82, 2.24) is 4.72 Å². The Morgan fingerprint density at radius 3 is 2.30 bits per heavy atom. The molecule has 0 atom stereocenters. The highest BCUT2D eigenvalue weighted by Gasteiger charge is 2.30. The van der Waals surface area contributed by atoms with Gasteiger partial charge in [-0.05, 0) is 55.8 Å². The summed E-state index contributed by atoms with van der Waals surface area (Å²) >= 11 is 0. The summed E-state index contributed by atoms with van der Waals surface area (Å²) in [5.74, 6) is -0.770. The van der Waals surface area contributed by atoms with Crippen LogP contribution >= 0.6 is 0 Å². The van der Waals surface area contributed by atoms with Crippen LogP contribution in [0.15, 0.2) is 53.4 Å². The van der Waals surface area contributed by atoms with Crippen LogP contribution in [-0.4, -0.2) is 20.4 Å². The quantitative estimate of drug-likeness (QED) is 0.749. The zero-order valence-corrected chi connectivity index (χ0v) is 15.4. The van der Waals surface area contributed by atoms with Crippen LogP contribution in [0.1, 0.15) is 35.3 Å². The number of halogens is 3. The van der Waals surface area contributed by atoms with E-state index in [9.17, 15) is 26.4 Å². The molecule has 0 aromatic heterocycles. The Labute approximate surface area is 155 Å². The summed E-state index contributed by atoms with van der Waals surface area (Å²) in [6.45, 7) is 3.02. The van der Waals surface area contributed by atoms with Gasteiger partial charge >= 0.3 is 12.1 Å². The van der Waals surface area contributed by atoms with Gasteiger partial charge in [-0.2, -0.15) is 13.2 Å². The largest absolute Gasteiger partial charge is 0.457 e. The fourth-order valence-electron chi connectivity index (χ4n) is 2.22. The number of sulfonamides is 1. The summed E-state index contributed by atoms with van der Waals surface area (Å²) in [7, 11) is -3.68. The summed E-state index contributed by atoms with van der Waals surface area (Å²) < 4.78 is 69.5. The number of hydrogen-bond acceptors (Lipinski definition) is 4. The summed E-state index contributed by atoms with van der Waals surface area (Å²) in [6, 6.07) is 9.26. The topological polar surface area (TPSA) is 72.5 Å². The molecule has 0 unspecified atom stereocenters. The molecule has 0 saturated heterocycles. The second-order valence-corrected chi connectivity index (χ2v) is 7.79. The van der Waals surface area contributed by atoms with Gasteiger partial charge in [0.2, 0.25) is 10.0 Å². The Bertz CT molecular complexity index is 907. The Kier molecular flexibility index (Phi) is 6.27. The van der Waals surface area contributed by atoms with Crippen molar-refractivity contribution >= 4 is 16.0 Å². The second-order valence-electron chi connectivity index (χ2n) is 6.07. The predicted octanol–water partition coefficient (Wildman–Crippen LogP) is 3.75. The normalized spacial score (nSPS) is 12.2. The van der Waals surface area contributed by atoms with Gasteiger partial charge in [-0.1, -0.05) is 12.1 Å². The maximum absolute atomic E-state index is 12.7. The van der Waals surface area contributed by atoms with Crippen molar-refractivity contribution in [2.24, 2.45) is 0 Å². The van der Waals surface area contributed by atoms with E-state index in [1.54, 1.807) is 13.8 Å². The van der Waals surface area contributed by atoms with Crippen molar-refractivity contribution in [2.75, 3.05) is 0 Å². The van der Waals surface area contributed by atoms with E-state index < -0.39 is 27.7 Å². The molecule has 2 aromatic carbocycles. The van der Waals surface area contributed by atoms with Gasteiger partial charge in [0.15, 0.2) is 0 Å². The van der Waals surface area contributed by atoms with Gasteiger partial charge in [-0.15, -0.1) is 0 Å². The van der Waals surface area contributed by atoms with Crippen molar-refractivity contribution in [3.8, 4) is 0 Å². The molecule has 2 aromatic rings. The van der Waals surface area contributed by atoms with E-state index >= 15 is 0 Å². The molecular weight excluding hydrogens is 383 g/mol. The van der Waals surface area contributed by atoms with Crippen LogP contribution in [0.25, 0.3) is 0 Å². The minimum absolute atomic E-state index is 0.00868. The molecule has 1 N–H and O–H groups in total. The number of carbonyl (C=O) groups is 1. The van der Waals surface area contributed by atoms with Crippen molar-refractivity contribution < 1.29 is 31.1 Å². The summed E-state index contributed by atoms with van der Waals surface area (Å²) in [4.78, 5) is 12.0. The molecule has 0 aliphatic carbocycles. The summed E-state index contributed by atoms with van der Waals surface area (Å²) in [5.41, 5.74) is -0.549. The first kappa shape index (κ1) is 20.9. The highest BCUT2D eigenvalue weighted by atomic mass is 32.2. The number of hydrogen-bond donors (Lipinski definition) is 1. The molecule has 0 aliphatic heterocycles. The third-order valence-corrected chi connectivity index (χ3v) is 5.09.